The van der Waals surface area contributed by atoms with Gasteiger partial charge in [0.25, 0.3) is 0 Å². The van der Waals surface area contributed by atoms with Crippen molar-refractivity contribution in [2.24, 2.45) is 0 Å². The predicted octanol–water partition coefficient (Wildman–Crippen LogP) is 2.31. The van der Waals surface area contributed by atoms with Gasteiger partial charge in [-0.2, -0.15) is 0 Å². The molecule has 1 aliphatic rings. The number of carbonyl (C=O) groups excluding carboxylic acids is 2. The summed E-state index contributed by atoms with van der Waals surface area (Å²) in [5, 5.41) is 0. The minimum atomic E-state index is -0.662. The van der Waals surface area contributed by atoms with E-state index in [0.717, 1.165) is 4.88 Å². The van der Waals surface area contributed by atoms with Crippen molar-refractivity contribution >= 4 is 22.9 Å². The minimum absolute atomic E-state index is 0.107. The molecule has 0 amide bonds. The second-order valence-corrected chi connectivity index (χ2v) is 4.53. The Morgan fingerprint density at radius 3 is 2.19 bits per heavy atom. The summed E-state index contributed by atoms with van der Waals surface area (Å²) in [6.45, 7) is 0. The van der Waals surface area contributed by atoms with Crippen molar-refractivity contribution < 1.29 is 9.59 Å². The van der Waals surface area contributed by atoms with E-state index >= 15 is 0 Å². The summed E-state index contributed by atoms with van der Waals surface area (Å²) >= 11 is 1.35. The first-order chi connectivity index (χ1) is 7.79. The quantitative estimate of drug-likeness (QED) is 0.705. The monoisotopic (exact) mass is 229 g/mol. The Labute approximate surface area is 95.8 Å². The van der Waals surface area contributed by atoms with E-state index in [9.17, 15) is 9.59 Å². The Balaban J connectivity index is 2.15. The maximum atomic E-state index is 12.1. The lowest BCUT2D eigenvalue weighted by Crippen LogP contribution is -2.11. The summed E-state index contributed by atoms with van der Waals surface area (Å²) in [6.07, 6.45) is 1.59. The van der Waals surface area contributed by atoms with Gasteiger partial charge in [0.2, 0.25) is 0 Å². The molecule has 0 fully saturated rings. The molecule has 1 aliphatic carbocycles. The first-order valence-electron chi connectivity index (χ1n) is 4.85. The molecule has 0 unspecified atom stereocenters. The highest BCUT2D eigenvalue weighted by molar-refractivity contribution is 7.10. The summed E-state index contributed by atoms with van der Waals surface area (Å²) < 4.78 is 0. The van der Waals surface area contributed by atoms with Crippen molar-refractivity contribution in [3.05, 3.63) is 52.0 Å². The molecular formula is C12H7NO2S. The van der Waals surface area contributed by atoms with Gasteiger partial charge in [-0.15, -0.1) is 11.3 Å². The molecule has 2 aromatic rings. The van der Waals surface area contributed by atoms with Crippen molar-refractivity contribution in [1.29, 1.82) is 0 Å². The average Bonchev–Trinajstić information content (AvgIpc) is 2.89. The molecule has 0 radical (unpaired) electrons. The normalized spacial score (nSPS) is 15.5. The molecule has 0 aliphatic heterocycles. The average molecular weight is 229 g/mol. The molecule has 0 atom stereocenters. The lowest BCUT2D eigenvalue weighted by molar-refractivity contribution is 0.0892. The standard InChI is InChI=1S/C12H7NO2S/c14-11-7-3-1-2-4-8(7)12(15)10(11)9-5-13-6-16-9/h1-6,10H. The zero-order valence-electron chi connectivity index (χ0n) is 8.21. The van der Waals surface area contributed by atoms with E-state index < -0.39 is 5.92 Å². The maximum Gasteiger partial charge on any atom is 0.179 e. The fourth-order valence-corrected chi connectivity index (χ4v) is 2.68. The Morgan fingerprint density at radius 2 is 1.69 bits per heavy atom. The highest BCUT2D eigenvalue weighted by atomic mass is 32.1. The minimum Gasteiger partial charge on any atom is -0.293 e. The van der Waals surface area contributed by atoms with Crippen LogP contribution in [-0.4, -0.2) is 16.6 Å². The van der Waals surface area contributed by atoms with Gasteiger partial charge in [0.15, 0.2) is 11.6 Å². The number of thiazole rings is 1. The van der Waals surface area contributed by atoms with Crippen LogP contribution in [0.1, 0.15) is 31.5 Å². The highest BCUT2D eigenvalue weighted by Crippen LogP contribution is 2.35. The summed E-state index contributed by atoms with van der Waals surface area (Å²) in [6, 6.07) is 6.96. The number of ketones is 2. The van der Waals surface area contributed by atoms with E-state index in [4.69, 9.17) is 0 Å². The summed E-state index contributed by atoms with van der Waals surface area (Å²) in [5.74, 6) is -0.875. The summed E-state index contributed by atoms with van der Waals surface area (Å²) in [4.78, 5) is 28.8. The Bertz CT molecular complexity index is 539. The number of hydrogen-bond acceptors (Lipinski definition) is 4. The molecule has 0 saturated carbocycles. The highest BCUT2D eigenvalue weighted by Gasteiger charge is 2.39. The molecule has 4 heteroatoms. The lowest BCUT2D eigenvalue weighted by Gasteiger charge is -2.01. The number of hydrogen-bond donors (Lipinski definition) is 0. The van der Waals surface area contributed by atoms with Crippen LogP contribution in [-0.2, 0) is 0 Å². The second-order valence-electron chi connectivity index (χ2n) is 3.61. The molecule has 3 nitrogen and oxygen atoms in total. The fraction of sp³-hybridized carbons (Fsp3) is 0.0833. The van der Waals surface area contributed by atoms with E-state index in [1.54, 1.807) is 36.0 Å². The third-order valence-corrected chi connectivity index (χ3v) is 3.56. The van der Waals surface area contributed by atoms with Gasteiger partial charge in [-0.3, -0.25) is 14.6 Å². The van der Waals surface area contributed by atoms with E-state index in [1.165, 1.54) is 11.3 Å². The second kappa shape index (κ2) is 3.35. The van der Waals surface area contributed by atoms with Crippen LogP contribution in [0.25, 0.3) is 0 Å². The topological polar surface area (TPSA) is 47.0 Å². The predicted molar refractivity (Wildman–Crippen MR) is 60.0 cm³/mol. The number of benzene rings is 1. The van der Waals surface area contributed by atoms with E-state index in [-0.39, 0.29) is 11.6 Å². The van der Waals surface area contributed by atoms with Crippen molar-refractivity contribution in [2.45, 2.75) is 5.92 Å². The van der Waals surface area contributed by atoms with Gasteiger partial charge in [0.05, 0.1) is 5.51 Å². The molecule has 0 saturated heterocycles. The first kappa shape index (κ1) is 9.42. The van der Waals surface area contributed by atoms with Gasteiger partial charge in [0, 0.05) is 22.2 Å². The molecule has 1 heterocycles. The number of aromatic nitrogens is 1. The smallest absolute Gasteiger partial charge is 0.179 e. The van der Waals surface area contributed by atoms with E-state index in [1.807, 2.05) is 0 Å². The molecular weight excluding hydrogens is 222 g/mol. The van der Waals surface area contributed by atoms with Gasteiger partial charge < -0.3 is 0 Å². The number of rotatable bonds is 1. The van der Waals surface area contributed by atoms with Crippen molar-refractivity contribution in [3.63, 3.8) is 0 Å². The van der Waals surface area contributed by atoms with Crippen LogP contribution in [0.2, 0.25) is 0 Å². The molecule has 3 rings (SSSR count). The molecule has 0 spiro atoms. The van der Waals surface area contributed by atoms with Crippen LogP contribution < -0.4 is 0 Å². The van der Waals surface area contributed by atoms with Crippen molar-refractivity contribution in [3.8, 4) is 0 Å². The lowest BCUT2D eigenvalue weighted by atomic mass is 10.0. The van der Waals surface area contributed by atoms with Gasteiger partial charge in [0.1, 0.15) is 5.92 Å². The summed E-state index contributed by atoms with van der Waals surface area (Å²) in [5.41, 5.74) is 2.70. The van der Waals surface area contributed by atoms with E-state index in [2.05, 4.69) is 4.98 Å². The van der Waals surface area contributed by atoms with Crippen LogP contribution >= 0.6 is 11.3 Å². The van der Waals surface area contributed by atoms with Gasteiger partial charge >= 0.3 is 0 Å². The van der Waals surface area contributed by atoms with Gasteiger partial charge in [-0.1, -0.05) is 24.3 Å². The van der Waals surface area contributed by atoms with Crippen LogP contribution in [0, 0.1) is 0 Å². The largest absolute Gasteiger partial charge is 0.293 e. The number of carbonyl (C=O) groups is 2. The van der Waals surface area contributed by atoms with Crippen LogP contribution in [0.4, 0.5) is 0 Å². The molecule has 78 valence electrons. The zero-order chi connectivity index (χ0) is 11.1. The van der Waals surface area contributed by atoms with Crippen LogP contribution in [0.5, 0.6) is 0 Å². The summed E-state index contributed by atoms with van der Waals surface area (Å²) in [7, 11) is 0. The molecule has 1 aromatic carbocycles. The fourth-order valence-electron chi connectivity index (χ4n) is 1.97. The number of fused-ring (bicyclic) bond motifs is 1. The number of nitrogens with zero attached hydrogens (tertiary/aromatic N) is 1. The molecule has 0 N–H and O–H groups in total. The Hall–Kier alpha value is -1.81. The molecule has 0 bridgehead atoms. The van der Waals surface area contributed by atoms with Crippen LogP contribution in [0.15, 0.2) is 36.0 Å². The van der Waals surface area contributed by atoms with Gasteiger partial charge in [-0.05, 0) is 0 Å². The van der Waals surface area contributed by atoms with Gasteiger partial charge in [-0.25, -0.2) is 0 Å². The van der Waals surface area contributed by atoms with Crippen molar-refractivity contribution in [1.82, 2.24) is 4.98 Å². The van der Waals surface area contributed by atoms with Crippen LogP contribution in [0.3, 0.4) is 0 Å². The SMILES string of the molecule is O=C1c2ccccc2C(=O)C1c1cncs1. The zero-order valence-corrected chi connectivity index (χ0v) is 9.03. The van der Waals surface area contributed by atoms with Crippen molar-refractivity contribution in [2.75, 3.05) is 0 Å². The molecule has 16 heavy (non-hydrogen) atoms. The van der Waals surface area contributed by atoms with E-state index in [0.29, 0.717) is 11.1 Å². The first-order valence-corrected chi connectivity index (χ1v) is 5.73. The Morgan fingerprint density at radius 1 is 1.06 bits per heavy atom. The Kier molecular flexibility index (Phi) is 1.97. The third-order valence-electron chi connectivity index (χ3n) is 2.72. The molecule has 1 aromatic heterocycles. The third kappa shape index (κ3) is 1.17. The maximum absolute atomic E-state index is 12.1. The number of Topliss-reactive ketones (excluding diaryl/α,β-unsaturated/α-hetero) is 2.